The number of hydrogen-bond acceptors (Lipinski definition) is 3. The highest BCUT2D eigenvalue weighted by molar-refractivity contribution is 7.27. The monoisotopic (exact) mass is 210 g/mol. The van der Waals surface area contributed by atoms with Gasteiger partial charge in [0.1, 0.15) is 0 Å². The van der Waals surface area contributed by atoms with Gasteiger partial charge in [-0.3, -0.25) is 4.79 Å². The number of carbonyl (C=O) groups is 2. The van der Waals surface area contributed by atoms with Gasteiger partial charge in [-0.1, -0.05) is 12.1 Å². The summed E-state index contributed by atoms with van der Waals surface area (Å²) in [4.78, 5) is 21.9. The lowest BCUT2D eigenvalue weighted by atomic mass is 10.1. The highest BCUT2D eigenvalue weighted by Gasteiger charge is 2.11. The van der Waals surface area contributed by atoms with Gasteiger partial charge >= 0.3 is 11.9 Å². The molecule has 0 spiro atoms. The quantitative estimate of drug-likeness (QED) is 0.397. The third-order valence-corrected chi connectivity index (χ3v) is 2.07. The van der Waals surface area contributed by atoms with Crippen molar-refractivity contribution >= 4 is 26.5 Å². The first-order valence-corrected chi connectivity index (χ1v) is 4.67. The molecule has 0 heterocycles. The zero-order chi connectivity index (χ0) is 10.7. The number of ether oxygens (including phenoxy) is 1. The maximum absolute atomic E-state index is 11.3. The van der Waals surface area contributed by atoms with Gasteiger partial charge in [0.25, 0.3) is 0 Å². The van der Waals surface area contributed by atoms with E-state index < -0.39 is 11.9 Å². The molecular formula is C10H11O3P. The van der Waals surface area contributed by atoms with E-state index in [1.165, 1.54) is 6.92 Å². The maximum Gasteiger partial charge on any atom is 0.346 e. The highest BCUT2D eigenvalue weighted by Crippen LogP contribution is 2.08. The maximum atomic E-state index is 11.3. The molecule has 3 nitrogen and oxygen atoms in total. The summed E-state index contributed by atoms with van der Waals surface area (Å²) in [7, 11) is 2.53. The van der Waals surface area contributed by atoms with Gasteiger partial charge in [-0.2, -0.15) is 0 Å². The molecule has 0 fully saturated rings. The standard InChI is InChI=1S/C10H11O3P/c1-6-5-8(14)3-4-9(6)10(12)13-7(2)11/h3-5H,14H2,1-2H3. The first-order chi connectivity index (χ1) is 6.50. The topological polar surface area (TPSA) is 43.4 Å². The summed E-state index contributed by atoms with van der Waals surface area (Å²) in [5, 5.41) is 0.988. The van der Waals surface area contributed by atoms with Crippen molar-refractivity contribution in [1.29, 1.82) is 0 Å². The fourth-order valence-corrected chi connectivity index (χ4v) is 1.45. The van der Waals surface area contributed by atoms with Crippen LogP contribution in [0.15, 0.2) is 18.2 Å². The average molecular weight is 210 g/mol. The van der Waals surface area contributed by atoms with E-state index in [0.29, 0.717) is 5.56 Å². The minimum Gasteiger partial charge on any atom is -0.390 e. The van der Waals surface area contributed by atoms with Crippen LogP contribution >= 0.6 is 9.24 Å². The van der Waals surface area contributed by atoms with Crippen molar-refractivity contribution in [2.24, 2.45) is 0 Å². The predicted octanol–water partition coefficient (Wildman–Crippen LogP) is 1.20. The molecule has 4 heteroatoms. The second kappa shape index (κ2) is 4.34. The Bertz CT molecular complexity index is 385. The summed E-state index contributed by atoms with van der Waals surface area (Å²) in [6, 6.07) is 5.25. The molecule has 1 unspecified atom stereocenters. The van der Waals surface area contributed by atoms with E-state index >= 15 is 0 Å². The predicted molar refractivity (Wildman–Crippen MR) is 56.6 cm³/mol. The van der Waals surface area contributed by atoms with Crippen molar-refractivity contribution in [2.75, 3.05) is 0 Å². The summed E-state index contributed by atoms with van der Waals surface area (Å²) in [6.45, 7) is 3.00. The molecule has 0 radical (unpaired) electrons. The van der Waals surface area contributed by atoms with Gasteiger partial charge in [-0.05, 0) is 23.9 Å². The highest BCUT2D eigenvalue weighted by atomic mass is 31.0. The van der Waals surface area contributed by atoms with Crippen LogP contribution in [0.25, 0.3) is 0 Å². The molecule has 74 valence electrons. The largest absolute Gasteiger partial charge is 0.390 e. The number of rotatable bonds is 1. The van der Waals surface area contributed by atoms with E-state index in [4.69, 9.17) is 0 Å². The van der Waals surface area contributed by atoms with Crippen LogP contribution < -0.4 is 5.30 Å². The average Bonchev–Trinajstić information content (AvgIpc) is 2.01. The fraction of sp³-hybridized carbons (Fsp3) is 0.200. The first-order valence-electron chi connectivity index (χ1n) is 4.09. The number of hydrogen-bond donors (Lipinski definition) is 0. The van der Waals surface area contributed by atoms with Crippen molar-refractivity contribution in [3.05, 3.63) is 29.3 Å². The molecule has 14 heavy (non-hydrogen) atoms. The summed E-state index contributed by atoms with van der Waals surface area (Å²) in [5.41, 5.74) is 1.22. The van der Waals surface area contributed by atoms with E-state index in [-0.39, 0.29) is 0 Å². The van der Waals surface area contributed by atoms with Crippen LogP contribution in [-0.4, -0.2) is 11.9 Å². The van der Waals surface area contributed by atoms with Crippen LogP contribution in [0.5, 0.6) is 0 Å². The Labute approximate surface area is 84.7 Å². The Balaban J connectivity index is 2.96. The summed E-state index contributed by atoms with van der Waals surface area (Å²) in [5.74, 6) is -1.19. The normalized spacial score (nSPS) is 9.64. The number of aryl methyl sites for hydroxylation is 1. The van der Waals surface area contributed by atoms with Crippen LogP contribution in [0.3, 0.4) is 0 Å². The van der Waals surface area contributed by atoms with E-state index in [9.17, 15) is 9.59 Å². The minimum atomic E-state index is -0.597. The number of benzene rings is 1. The second-order valence-electron chi connectivity index (χ2n) is 2.96. The van der Waals surface area contributed by atoms with Gasteiger partial charge in [0.15, 0.2) is 0 Å². The van der Waals surface area contributed by atoms with Crippen LogP contribution in [0.4, 0.5) is 0 Å². The molecule has 1 aromatic rings. The zero-order valence-corrected chi connectivity index (χ0v) is 9.19. The SMILES string of the molecule is CC(=O)OC(=O)c1ccc(P)cc1C. The molecule has 0 amide bonds. The van der Waals surface area contributed by atoms with Gasteiger partial charge < -0.3 is 4.74 Å². The molecule has 0 saturated carbocycles. The zero-order valence-electron chi connectivity index (χ0n) is 8.03. The van der Waals surface area contributed by atoms with Crippen molar-refractivity contribution in [3.8, 4) is 0 Å². The molecule has 1 rings (SSSR count). The van der Waals surface area contributed by atoms with Crippen molar-refractivity contribution < 1.29 is 14.3 Å². The van der Waals surface area contributed by atoms with E-state index in [1.54, 1.807) is 19.1 Å². The minimum absolute atomic E-state index is 0.423. The molecule has 0 bridgehead atoms. The number of carbonyl (C=O) groups excluding carboxylic acids is 2. The van der Waals surface area contributed by atoms with Crippen molar-refractivity contribution in [2.45, 2.75) is 13.8 Å². The van der Waals surface area contributed by atoms with Gasteiger partial charge in [-0.25, -0.2) is 4.79 Å². The molecule has 0 aromatic heterocycles. The molecule has 1 aromatic carbocycles. The van der Waals surface area contributed by atoms with Gasteiger partial charge in [0.05, 0.1) is 5.56 Å². The molecule has 0 aliphatic carbocycles. The fourth-order valence-electron chi connectivity index (χ4n) is 1.10. The Morgan fingerprint density at radius 1 is 1.36 bits per heavy atom. The summed E-state index contributed by atoms with van der Waals surface area (Å²) in [6.07, 6.45) is 0. The lowest BCUT2D eigenvalue weighted by Crippen LogP contribution is -2.11. The van der Waals surface area contributed by atoms with Gasteiger partial charge in [0, 0.05) is 6.92 Å². The lowest BCUT2D eigenvalue weighted by Gasteiger charge is -2.04. The second-order valence-corrected chi connectivity index (χ2v) is 3.62. The third kappa shape index (κ3) is 2.64. The Morgan fingerprint density at radius 3 is 2.50 bits per heavy atom. The Morgan fingerprint density at radius 2 is 2.00 bits per heavy atom. The van der Waals surface area contributed by atoms with E-state index in [2.05, 4.69) is 14.0 Å². The van der Waals surface area contributed by atoms with Gasteiger partial charge in [0.2, 0.25) is 0 Å². The molecule has 1 atom stereocenters. The van der Waals surface area contributed by atoms with Gasteiger partial charge in [-0.15, -0.1) is 9.24 Å². The molecule has 0 aliphatic rings. The summed E-state index contributed by atoms with van der Waals surface area (Å²) >= 11 is 0. The van der Waals surface area contributed by atoms with Crippen LogP contribution in [-0.2, 0) is 9.53 Å². The third-order valence-electron chi connectivity index (χ3n) is 1.71. The Hall–Kier alpha value is -1.21. The molecular weight excluding hydrogens is 199 g/mol. The van der Waals surface area contributed by atoms with Crippen LogP contribution in [0.1, 0.15) is 22.8 Å². The first kappa shape index (κ1) is 10.9. The number of esters is 2. The van der Waals surface area contributed by atoms with Crippen molar-refractivity contribution in [1.82, 2.24) is 0 Å². The molecule has 0 aliphatic heterocycles. The van der Waals surface area contributed by atoms with E-state index in [1.807, 2.05) is 6.07 Å². The smallest absolute Gasteiger partial charge is 0.346 e. The van der Waals surface area contributed by atoms with E-state index in [0.717, 1.165) is 10.9 Å². The van der Waals surface area contributed by atoms with Crippen molar-refractivity contribution in [3.63, 3.8) is 0 Å². The molecule has 0 N–H and O–H groups in total. The molecule has 0 saturated heterocycles. The lowest BCUT2D eigenvalue weighted by molar-refractivity contribution is -0.135. The summed E-state index contributed by atoms with van der Waals surface area (Å²) < 4.78 is 4.47. The van der Waals surface area contributed by atoms with Crippen LogP contribution in [0, 0.1) is 6.92 Å². The Kier molecular flexibility index (Phi) is 3.37. The van der Waals surface area contributed by atoms with Crippen LogP contribution in [0.2, 0.25) is 0 Å².